The number of hydrogen-bond donors (Lipinski definition) is 1. The van der Waals surface area contributed by atoms with Crippen molar-refractivity contribution in [2.24, 2.45) is 22.6 Å². The highest BCUT2D eigenvalue weighted by atomic mass is 14.7. The normalized spacial score (nSPS) is 33.9. The van der Waals surface area contributed by atoms with E-state index in [0.717, 1.165) is 5.92 Å². The summed E-state index contributed by atoms with van der Waals surface area (Å²) in [5.74, 6) is 1.59. The second-order valence-corrected chi connectivity index (χ2v) is 4.00. The number of nitrogens with two attached hydrogens (primary N) is 1. The van der Waals surface area contributed by atoms with E-state index in [2.05, 4.69) is 11.9 Å². The molecule has 0 aliphatic heterocycles. The van der Waals surface area contributed by atoms with Gasteiger partial charge in [-0.05, 0) is 24.7 Å². The largest absolute Gasteiger partial charge is 0.323 e. The first-order valence-corrected chi connectivity index (χ1v) is 4.92. The molecule has 0 heterocycles. The Morgan fingerprint density at radius 2 is 1.92 bits per heavy atom. The number of hydrogen-bond acceptors (Lipinski definition) is 2. The zero-order valence-corrected chi connectivity index (χ0v) is 8.16. The predicted molar refractivity (Wildman–Crippen MR) is 53.5 cm³/mol. The molecule has 0 spiro atoms. The van der Waals surface area contributed by atoms with Gasteiger partial charge in [0, 0.05) is 19.3 Å². The summed E-state index contributed by atoms with van der Waals surface area (Å²) < 4.78 is 0. The first kappa shape index (κ1) is 9.72. The maximum atomic E-state index is 5.96. The van der Waals surface area contributed by atoms with Crippen molar-refractivity contribution in [2.75, 3.05) is 7.05 Å². The molecule has 2 N–H and O–H groups in total. The van der Waals surface area contributed by atoms with Gasteiger partial charge in [0.05, 0.1) is 0 Å². The van der Waals surface area contributed by atoms with Crippen LogP contribution in [-0.2, 0) is 0 Å². The van der Waals surface area contributed by atoms with Crippen LogP contribution in [0.15, 0.2) is 4.99 Å². The van der Waals surface area contributed by atoms with E-state index in [9.17, 15) is 0 Å². The Bertz CT molecular complexity index is 146. The molecule has 0 saturated heterocycles. The summed E-state index contributed by atoms with van der Waals surface area (Å²) in [5, 5.41) is 0. The molecule has 1 rings (SSSR count). The summed E-state index contributed by atoms with van der Waals surface area (Å²) in [6.07, 6.45) is 7.15. The van der Waals surface area contributed by atoms with Crippen LogP contribution in [0.4, 0.5) is 0 Å². The molecule has 1 fully saturated rings. The first-order chi connectivity index (χ1) is 5.74. The highest BCUT2D eigenvalue weighted by Gasteiger charge is 2.22. The highest BCUT2D eigenvalue weighted by molar-refractivity contribution is 5.64. The van der Waals surface area contributed by atoms with E-state index in [4.69, 9.17) is 5.73 Å². The van der Waals surface area contributed by atoms with E-state index < -0.39 is 0 Å². The molecule has 0 amide bonds. The lowest BCUT2D eigenvalue weighted by Crippen LogP contribution is -2.34. The molecule has 0 radical (unpaired) electrons. The van der Waals surface area contributed by atoms with Crippen LogP contribution in [0.3, 0.4) is 0 Å². The summed E-state index contributed by atoms with van der Waals surface area (Å²) in [5.41, 5.74) is 5.96. The number of rotatable bonds is 2. The lowest BCUT2D eigenvalue weighted by atomic mass is 9.80. The lowest BCUT2D eigenvalue weighted by molar-refractivity contribution is 0.281. The van der Waals surface area contributed by atoms with Crippen molar-refractivity contribution in [3.8, 4) is 0 Å². The van der Waals surface area contributed by atoms with Crippen molar-refractivity contribution < 1.29 is 0 Å². The molecule has 12 heavy (non-hydrogen) atoms. The van der Waals surface area contributed by atoms with E-state index in [-0.39, 0.29) is 6.04 Å². The second-order valence-electron chi connectivity index (χ2n) is 4.00. The third-order valence-electron chi connectivity index (χ3n) is 2.93. The van der Waals surface area contributed by atoms with E-state index in [1.54, 1.807) is 7.05 Å². The van der Waals surface area contributed by atoms with Crippen LogP contribution in [0, 0.1) is 11.8 Å². The highest BCUT2D eigenvalue weighted by Crippen LogP contribution is 2.29. The molecule has 1 unspecified atom stereocenters. The smallest absolute Gasteiger partial charge is 0.0423 e. The molecular formula is C10H20N2. The van der Waals surface area contributed by atoms with Crippen LogP contribution in [0.2, 0.25) is 0 Å². The van der Waals surface area contributed by atoms with Gasteiger partial charge >= 0.3 is 0 Å². The van der Waals surface area contributed by atoms with Gasteiger partial charge in [0.2, 0.25) is 0 Å². The first-order valence-electron chi connectivity index (χ1n) is 4.92. The SMILES string of the molecule is C/N=C/C(N)C1CCC(C)CC1. The molecule has 0 bridgehead atoms. The average Bonchev–Trinajstić information content (AvgIpc) is 2.06. The van der Waals surface area contributed by atoms with E-state index in [0.29, 0.717) is 5.92 Å². The zero-order valence-electron chi connectivity index (χ0n) is 8.16. The summed E-state index contributed by atoms with van der Waals surface area (Å²) in [6, 6.07) is 0.197. The number of nitrogens with zero attached hydrogens (tertiary/aromatic N) is 1. The third-order valence-corrected chi connectivity index (χ3v) is 2.93. The van der Waals surface area contributed by atoms with E-state index >= 15 is 0 Å². The molecule has 2 heteroatoms. The fourth-order valence-corrected chi connectivity index (χ4v) is 1.96. The van der Waals surface area contributed by atoms with Crippen LogP contribution in [0.25, 0.3) is 0 Å². The minimum Gasteiger partial charge on any atom is -0.323 e. The van der Waals surface area contributed by atoms with E-state index in [1.165, 1.54) is 25.7 Å². The molecule has 1 saturated carbocycles. The van der Waals surface area contributed by atoms with E-state index in [1.807, 2.05) is 6.21 Å². The average molecular weight is 168 g/mol. The minimum atomic E-state index is 0.197. The molecule has 0 aromatic rings. The maximum absolute atomic E-state index is 5.96. The third kappa shape index (κ3) is 2.59. The monoisotopic (exact) mass is 168 g/mol. The number of aliphatic imine (C=N–C) groups is 1. The van der Waals surface area contributed by atoms with Crippen molar-refractivity contribution in [3.63, 3.8) is 0 Å². The molecule has 1 aliphatic rings. The van der Waals surface area contributed by atoms with Crippen molar-refractivity contribution in [1.29, 1.82) is 0 Å². The second kappa shape index (κ2) is 4.61. The molecule has 1 aliphatic carbocycles. The topological polar surface area (TPSA) is 38.4 Å². The van der Waals surface area contributed by atoms with Crippen LogP contribution in [-0.4, -0.2) is 19.3 Å². The summed E-state index contributed by atoms with van der Waals surface area (Å²) in [7, 11) is 1.80. The van der Waals surface area contributed by atoms with Crippen LogP contribution in [0.5, 0.6) is 0 Å². The molecule has 70 valence electrons. The Hall–Kier alpha value is -0.370. The predicted octanol–water partition coefficient (Wildman–Crippen LogP) is 1.84. The van der Waals surface area contributed by atoms with Crippen molar-refractivity contribution in [2.45, 2.75) is 38.6 Å². The zero-order chi connectivity index (χ0) is 8.97. The summed E-state index contributed by atoms with van der Waals surface area (Å²) in [6.45, 7) is 2.33. The van der Waals surface area contributed by atoms with Gasteiger partial charge in [0.15, 0.2) is 0 Å². The molecule has 2 nitrogen and oxygen atoms in total. The van der Waals surface area contributed by atoms with Crippen molar-refractivity contribution in [1.82, 2.24) is 0 Å². The van der Waals surface area contributed by atoms with Gasteiger partial charge in [0.25, 0.3) is 0 Å². The Labute approximate surface area is 75.3 Å². The lowest BCUT2D eigenvalue weighted by Gasteiger charge is -2.28. The molecule has 0 aromatic heterocycles. The fourth-order valence-electron chi connectivity index (χ4n) is 1.96. The summed E-state index contributed by atoms with van der Waals surface area (Å²) >= 11 is 0. The molecule has 0 aromatic carbocycles. The van der Waals surface area contributed by atoms with Gasteiger partial charge in [-0.2, -0.15) is 0 Å². The van der Waals surface area contributed by atoms with Crippen molar-refractivity contribution >= 4 is 6.21 Å². The Balaban J connectivity index is 2.33. The Morgan fingerprint density at radius 3 is 2.42 bits per heavy atom. The van der Waals surface area contributed by atoms with Gasteiger partial charge in [-0.25, -0.2) is 0 Å². The van der Waals surface area contributed by atoms with Gasteiger partial charge in [0.1, 0.15) is 0 Å². The van der Waals surface area contributed by atoms with Gasteiger partial charge in [-0.3, -0.25) is 4.99 Å². The summed E-state index contributed by atoms with van der Waals surface area (Å²) in [4.78, 5) is 3.98. The fraction of sp³-hybridized carbons (Fsp3) is 0.900. The van der Waals surface area contributed by atoms with Crippen LogP contribution >= 0.6 is 0 Å². The minimum absolute atomic E-state index is 0.197. The quantitative estimate of drug-likeness (QED) is 0.628. The maximum Gasteiger partial charge on any atom is 0.0423 e. The van der Waals surface area contributed by atoms with Gasteiger partial charge in [-0.1, -0.05) is 19.8 Å². The standard InChI is InChI=1S/C10H20N2/c1-8-3-5-9(6-4-8)10(11)7-12-2/h7-10H,3-6,11H2,1-2H3/b12-7+. The van der Waals surface area contributed by atoms with Crippen molar-refractivity contribution in [3.05, 3.63) is 0 Å². The van der Waals surface area contributed by atoms with Gasteiger partial charge < -0.3 is 5.73 Å². The van der Waals surface area contributed by atoms with Gasteiger partial charge in [-0.15, -0.1) is 0 Å². The van der Waals surface area contributed by atoms with Crippen LogP contribution < -0.4 is 5.73 Å². The molecule has 1 atom stereocenters. The molecular weight excluding hydrogens is 148 g/mol. The Kier molecular flexibility index (Phi) is 3.73. The Morgan fingerprint density at radius 1 is 1.33 bits per heavy atom. The van der Waals surface area contributed by atoms with Crippen LogP contribution in [0.1, 0.15) is 32.6 Å².